The van der Waals surface area contributed by atoms with Crippen molar-refractivity contribution in [1.82, 2.24) is 15.0 Å². The summed E-state index contributed by atoms with van der Waals surface area (Å²) >= 11 is 1.84. The highest BCUT2D eigenvalue weighted by atomic mass is 32.1. The molecule has 12 aromatic rings. The van der Waals surface area contributed by atoms with Crippen LogP contribution >= 0.6 is 11.3 Å². The summed E-state index contributed by atoms with van der Waals surface area (Å²) in [5.41, 5.74) is 10.3. The maximum Gasteiger partial charge on any atom is 0.167 e. The van der Waals surface area contributed by atoms with E-state index in [1.807, 2.05) is 90.2 Å². The molecule has 0 N–H and O–H groups in total. The molecule has 5 nitrogen and oxygen atoms in total. The molecule has 0 amide bonds. The summed E-state index contributed by atoms with van der Waals surface area (Å²) in [5.74, 6) is 1.78. The second-order valence-corrected chi connectivity index (χ2v) is 15.4. The van der Waals surface area contributed by atoms with Gasteiger partial charge in [0.05, 0.1) is 5.56 Å². The predicted molar refractivity (Wildman–Crippen MR) is 234 cm³/mol. The monoisotopic (exact) mass is 747 g/mol. The topological polar surface area (TPSA) is 65.0 Å². The fourth-order valence-electron chi connectivity index (χ4n) is 8.23. The average molecular weight is 748 g/mol. The molecular formula is C51H29N3O2S. The summed E-state index contributed by atoms with van der Waals surface area (Å²) < 4.78 is 15.8. The van der Waals surface area contributed by atoms with E-state index in [9.17, 15) is 0 Å². The van der Waals surface area contributed by atoms with Crippen LogP contribution in [0.2, 0.25) is 0 Å². The fraction of sp³-hybridized carbons (Fsp3) is 0. The minimum absolute atomic E-state index is 0.558. The van der Waals surface area contributed by atoms with E-state index in [1.54, 1.807) is 0 Å². The van der Waals surface area contributed by atoms with Gasteiger partial charge in [-0.1, -0.05) is 121 Å². The van der Waals surface area contributed by atoms with Crippen molar-refractivity contribution in [1.29, 1.82) is 0 Å². The third kappa shape index (κ3) is 5.19. The molecule has 4 aromatic heterocycles. The molecule has 0 unspecified atom stereocenters. The number of aromatic nitrogens is 3. The van der Waals surface area contributed by atoms with Crippen molar-refractivity contribution < 1.29 is 8.83 Å². The Morgan fingerprint density at radius 2 is 0.965 bits per heavy atom. The molecule has 0 bridgehead atoms. The molecule has 0 saturated heterocycles. The van der Waals surface area contributed by atoms with Gasteiger partial charge in [-0.2, -0.15) is 0 Å². The smallest absolute Gasteiger partial charge is 0.167 e. The Kier molecular flexibility index (Phi) is 7.03. The van der Waals surface area contributed by atoms with Gasteiger partial charge in [-0.15, -0.1) is 11.3 Å². The minimum Gasteiger partial charge on any atom is -0.456 e. The van der Waals surface area contributed by atoms with Crippen molar-refractivity contribution in [3.05, 3.63) is 176 Å². The summed E-state index contributed by atoms with van der Waals surface area (Å²) in [6.45, 7) is 0. The highest BCUT2D eigenvalue weighted by Crippen LogP contribution is 2.44. The van der Waals surface area contributed by atoms with Gasteiger partial charge < -0.3 is 8.83 Å². The Bertz CT molecular complexity index is 3470. The molecule has 6 heteroatoms. The van der Waals surface area contributed by atoms with E-state index >= 15 is 0 Å². The molecule has 0 saturated carbocycles. The number of thiophene rings is 1. The summed E-state index contributed by atoms with van der Waals surface area (Å²) in [7, 11) is 0. The van der Waals surface area contributed by atoms with Crippen LogP contribution < -0.4 is 0 Å². The first-order valence-corrected chi connectivity index (χ1v) is 19.7. The quantitative estimate of drug-likeness (QED) is 0.175. The van der Waals surface area contributed by atoms with Crippen LogP contribution in [-0.4, -0.2) is 15.0 Å². The molecule has 4 heterocycles. The number of benzene rings is 8. The first-order valence-electron chi connectivity index (χ1n) is 18.9. The fourth-order valence-corrected chi connectivity index (χ4v) is 9.31. The summed E-state index contributed by atoms with van der Waals surface area (Å²) in [6.07, 6.45) is 0. The van der Waals surface area contributed by atoms with Gasteiger partial charge in [-0.25, -0.2) is 15.0 Å². The molecule has 266 valence electrons. The maximum absolute atomic E-state index is 6.67. The molecule has 12 rings (SSSR count). The molecule has 0 aliphatic rings. The van der Waals surface area contributed by atoms with E-state index in [0.29, 0.717) is 17.5 Å². The first-order chi connectivity index (χ1) is 28.2. The van der Waals surface area contributed by atoms with Gasteiger partial charge in [0.2, 0.25) is 0 Å². The van der Waals surface area contributed by atoms with E-state index < -0.39 is 0 Å². The standard InChI is InChI=1S/C51H29N3O2S/c1-3-12-30(13-4-1)49-52-50(31-14-5-2-6-15-31)54-51(53-49)38-19-11-18-36-40-26-32(22-24-43(40)56-48(36)38)34-28-39(47-37-17-7-9-20-42(37)55-44(47)29-34)33-23-25-46-41(27-33)35-16-8-10-21-45(35)57-46/h1-29H. The van der Waals surface area contributed by atoms with Gasteiger partial charge in [0.15, 0.2) is 17.5 Å². The largest absolute Gasteiger partial charge is 0.456 e. The molecular weight excluding hydrogens is 719 g/mol. The van der Waals surface area contributed by atoms with Crippen LogP contribution in [0.5, 0.6) is 0 Å². The lowest BCUT2D eigenvalue weighted by molar-refractivity contribution is 0.669. The van der Waals surface area contributed by atoms with Crippen molar-refractivity contribution in [3.8, 4) is 56.4 Å². The molecule has 0 spiro atoms. The summed E-state index contributed by atoms with van der Waals surface area (Å²) in [6, 6.07) is 61.0. The van der Waals surface area contributed by atoms with Gasteiger partial charge in [0.1, 0.15) is 22.3 Å². The summed E-state index contributed by atoms with van der Waals surface area (Å²) in [4.78, 5) is 14.9. The molecule has 0 atom stereocenters. The molecule has 0 aliphatic carbocycles. The Balaban J connectivity index is 1.04. The molecule has 8 aromatic carbocycles. The Morgan fingerprint density at radius 3 is 1.77 bits per heavy atom. The first kappa shape index (κ1) is 31.9. The number of hydrogen-bond acceptors (Lipinski definition) is 6. The number of fused-ring (bicyclic) bond motifs is 9. The van der Waals surface area contributed by atoms with Gasteiger partial charge >= 0.3 is 0 Å². The van der Waals surface area contributed by atoms with Crippen molar-refractivity contribution in [3.63, 3.8) is 0 Å². The van der Waals surface area contributed by atoms with Crippen LogP contribution in [0.3, 0.4) is 0 Å². The van der Waals surface area contributed by atoms with E-state index in [0.717, 1.165) is 82.8 Å². The molecule has 0 aliphatic heterocycles. The van der Waals surface area contributed by atoms with Gasteiger partial charge in [-0.3, -0.25) is 0 Å². The van der Waals surface area contributed by atoms with Crippen molar-refractivity contribution in [2.24, 2.45) is 0 Å². The normalized spacial score (nSPS) is 11.9. The number of para-hydroxylation sites is 2. The zero-order valence-corrected chi connectivity index (χ0v) is 31.1. The Labute approximate surface area is 330 Å². The van der Waals surface area contributed by atoms with Crippen LogP contribution in [0.25, 0.3) is 120 Å². The SMILES string of the molecule is c1ccc(-c2nc(-c3ccccc3)nc(-c3cccc4c3oc3ccc(-c5cc(-c6ccc7sc8ccccc8c7c6)c6c(c5)oc5ccccc56)cc34)n2)cc1. The van der Waals surface area contributed by atoms with Crippen molar-refractivity contribution >= 4 is 75.4 Å². The lowest BCUT2D eigenvalue weighted by atomic mass is 9.93. The molecule has 57 heavy (non-hydrogen) atoms. The second-order valence-electron chi connectivity index (χ2n) is 14.3. The maximum atomic E-state index is 6.67. The Morgan fingerprint density at radius 1 is 0.333 bits per heavy atom. The zero-order valence-electron chi connectivity index (χ0n) is 30.3. The lowest BCUT2D eigenvalue weighted by Crippen LogP contribution is -2.00. The van der Waals surface area contributed by atoms with E-state index in [2.05, 4.69) is 97.1 Å². The number of hydrogen-bond donors (Lipinski definition) is 0. The van der Waals surface area contributed by atoms with E-state index in [-0.39, 0.29) is 0 Å². The third-order valence-corrected chi connectivity index (χ3v) is 12.1. The van der Waals surface area contributed by atoms with Crippen molar-refractivity contribution in [2.45, 2.75) is 0 Å². The number of rotatable bonds is 5. The highest BCUT2D eigenvalue weighted by Gasteiger charge is 2.20. The van der Waals surface area contributed by atoms with Crippen LogP contribution in [-0.2, 0) is 0 Å². The minimum atomic E-state index is 0.558. The van der Waals surface area contributed by atoms with Crippen molar-refractivity contribution in [2.75, 3.05) is 0 Å². The average Bonchev–Trinajstić information content (AvgIpc) is 3.97. The second kappa shape index (κ2) is 12.6. The highest BCUT2D eigenvalue weighted by molar-refractivity contribution is 7.25. The predicted octanol–water partition coefficient (Wildman–Crippen LogP) is 14.4. The van der Waals surface area contributed by atoms with Crippen LogP contribution in [0.4, 0.5) is 0 Å². The molecule has 0 radical (unpaired) electrons. The number of nitrogens with zero attached hydrogens (tertiary/aromatic N) is 3. The van der Waals surface area contributed by atoms with Crippen LogP contribution in [0.15, 0.2) is 185 Å². The summed E-state index contributed by atoms with van der Waals surface area (Å²) in [5, 5.41) is 6.79. The Hall–Kier alpha value is -7.41. The zero-order chi connectivity index (χ0) is 37.5. The molecule has 0 fully saturated rings. The van der Waals surface area contributed by atoms with Crippen LogP contribution in [0, 0.1) is 0 Å². The van der Waals surface area contributed by atoms with Crippen LogP contribution in [0.1, 0.15) is 0 Å². The van der Waals surface area contributed by atoms with E-state index in [1.165, 1.54) is 20.2 Å². The lowest BCUT2D eigenvalue weighted by Gasteiger charge is -2.10. The van der Waals surface area contributed by atoms with Gasteiger partial charge in [-0.05, 0) is 76.9 Å². The van der Waals surface area contributed by atoms with Gasteiger partial charge in [0, 0.05) is 52.8 Å². The third-order valence-electron chi connectivity index (χ3n) is 10.9. The number of furan rings is 2. The van der Waals surface area contributed by atoms with E-state index in [4.69, 9.17) is 23.8 Å². The van der Waals surface area contributed by atoms with Gasteiger partial charge in [0.25, 0.3) is 0 Å².